The van der Waals surface area contributed by atoms with Crippen LogP contribution in [0.25, 0.3) is 16.5 Å². The van der Waals surface area contributed by atoms with Gasteiger partial charge < -0.3 is 4.74 Å². The lowest BCUT2D eigenvalue weighted by molar-refractivity contribution is -0.387. The second-order valence-electron chi connectivity index (χ2n) is 10.4. The molecule has 0 spiro atoms. The molecule has 0 saturated carbocycles. The number of hydrogen-bond donors (Lipinski definition) is 0. The van der Waals surface area contributed by atoms with Gasteiger partial charge in [-0.2, -0.15) is 0 Å². The van der Waals surface area contributed by atoms with Gasteiger partial charge in [-0.05, 0) is 71.2 Å². The lowest BCUT2D eigenvalue weighted by Gasteiger charge is -2.26. The summed E-state index contributed by atoms with van der Waals surface area (Å²) < 4.78 is 7.44. The SMILES string of the molecule is O=[N+]([O-])c1cc(CCCN2CCOCC2)ccc1Sc1nnc(CSCc2cccc3ccccc23)n1-c1ccccc1. The highest BCUT2D eigenvalue weighted by atomic mass is 32.2. The zero-order valence-electron chi connectivity index (χ0n) is 23.8. The van der Waals surface area contributed by atoms with E-state index in [9.17, 15) is 10.1 Å². The van der Waals surface area contributed by atoms with Crippen LogP contribution in [0.3, 0.4) is 0 Å². The monoisotopic (exact) mass is 611 g/mol. The maximum absolute atomic E-state index is 12.1. The second kappa shape index (κ2) is 14.2. The summed E-state index contributed by atoms with van der Waals surface area (Å²) in [6.45, 7) is 4.41. The maximum Gasteiger partial charge on any atom is 0.283 e. The van der Waals surface area contributed by atoms with Gasteiger partial charge in [0.05, 0.1) is 28.8 Å². The summed E-state index contributed by atoms with van der Waals surface area (Å²) in [5.41, 5.74) is 3.28. The van der Waals surface area contributed by atoms with E-state index in [2.05, 4.69) is 57.6 Å². The standard InChI is InChI=1S/C33H33N5O3S2/c39-38(40)30-22-25(8-7-17-36-18-20-41-21-19-36)15-16-31(30)43-33-35-34-32(37(33)28-12-2-1-3-13-28)24-42-23-27-11-6-10-26-9-4-5-14-29(26)27/h1-6,9-16,22H,7-8,17-21,23-24H2. The number of benzene rings is 4. The van der Waals surface area contributed by atoms with Crippen LogP contribution in [0.1, 0.15) is 23.4 Å². The number of aryl methyl sites for hydroxylation is 1. The molecule has 0 radical (unpaired) electrons. The van der Waals surface area contributed by atoms with Gasteiger partial charge >= 0.3 is 0 Å². The van der Waals surface area contributed by atoms with Crippen molar-refractivity contribution >= 4 is 40.0 Å². The topological polar surface area (TPSA) is 86.3 Å². The van der Waals surface area contributed by atoms with Crippen LogP contribution in [0.15, 0.2) is 101 Å². The van der Waals surface area contributed by atoms with Crippen LogP contribution in [0, 0.1) is 10.1 Å². The minimum absolute atomic E-state index is 0.100. The van der Waals surface area contributed by atoms with Crippen LogP contribution in [0.4, 0.5) is 5.69 Å². The molecule has 43 heavy (non-hydrogen) atoms. The Bertz CT molecular complexity index is 1680. The highest BCUT2D eigenvalue weighted by molar-refractivity contribution is 7.99. The molecule has 6 rings (SSSR count). The Kier molecular flexibility index (Phi) is 9.69. The van der Waals surface area contributed by atoms with Gasteiger partial charge in [-0.3, -0.25) is 19.6 Å². The molecule has 5 aromatic rings. The van der Waals surface area contributed by atoms with Gasteiger partial charge in [0.25, 0.3) is 5.69 Å². The van der Waals surface area contributed by atoms with Crippen LogP contribution in [-0.4, -0.2) is 57.4 Å². The number of nitro benzene ring substituents is 1. The van der Waals surface area contributed by atoms with Crippen LogP contribution in [0.5, 0.6) is 0 Å². The van der Waals surface area contributed by atoms with E-state index >= 15 is 0 Å². The summed E-state index contributed by atoms with van der Waals surface area (Å²) in [7, 11) is 0. The minimum atomic E-state index is -0.294. The molecule has 4 aromatic carbocycles. The van der Waals surface area contributed by atoms with E-state index in [1.54, 1.807) is 17.8 Å². The van der Waals surface area contributed by atoms with Gasteiger partial charge in [-0.25, -0.2) is 0 Å². The molecular formula is C33H33N5O3S2. The molecule has 220 valence electrons. The molecular weight excluding hydrogens is 579 g/mol. The Labute approximate surface area is 259 Å². The van der Waals surface area contributed by atoms with E-state index in [-0.39, 0.29) is 10.6 Å². The molecule has 10 heteroatoms. The van der Waals surface area contributed by atoms with Crippen molar-refractivity contribution in [3.05, 3.63) is 118 Å². The van der Waals surface area contributed by atoms with Crippen molar-refractivity contribution in [1.82, 2.24) is 19.7 Å². The number of thioether (sulfide) groups is 1. The van der Waals surface area contributed by atoms with E-state index in [4.69, 9.17) is 4.74 Å². The number of fused-ring (bicyclic) bond motifs is 1. The maximum atomic E-state index is 12.1. The van der Waals surface area contributed by atoms with Crippen molar-refractivity contribution in [2.75, 3.05) is 32.8 Å². The summed E-state index contributed by atoms with van der Waals surface area (Å²) in [5.74, 6) is 2.29. The number of ether oxygens (including phenoxy) is 1. The Morgan fingerprint density at radius 2 is 1.67 bits per heavy atom. The number of rotatable bonds is 12. The van der Waals surface area contributed by atoms with Gasteiger partial charge in [0.1, 0.15) is 5.82 Å². The lowest BCUT2D eigenvalue weighted by Crippen LogP contribution is -2.36. The molecule has 8 nitrogen and oxygen atoms in total. The fraction of sp³-hybridized carbons (Fsp3) is 0.273. The van der Waals surface area contributed by atoms with E-state index in [1.165, 1.54) is 28.1 Å². The number of para-hydroxylation sites is 1. The molecule has 0 aliphatic carbocycles. The van der Waals surface area contributed by atoms with Gasteiger partial charge in [0, 0.05) is 30.6 Å². The van der Waals surface area contributed by atoms with E-state index in [1.807, 2.05) is 47.0 Å². The van der Waals surface area contributed by atoms with Crippen molar-refractivity contribution in [3.63, 3.8) is 0 Å². The lowest BCUT2D eigenvalue weighted by atomic mass is 10.1. The largest absolute Gasteiger partial charge is 0.379 e. The molecule has 1 saturated heterocycles. The van der Waals surface area contributed by atoms with Gasteiger partial charge in [0.15, 0.2) is 0 Å². The number of morpholine rings is 1. The van der Waals surface area contributed by atoms with Crippen LogP contribution in [-0.2, 0) is 22.7 Å². The van der Waals surface area contributed by atoms with E-state index in [0.717, 1.165) is 68.5 Å². The fourth-order valence-electron chi connectivity index (χ4n) is 5.34. The average Bonchev–Trinajstić information content (AvgIpc) is 3.44. The summed E-state index contributed by atoms with van der Waals surface area (Å²) in [4.78, 5) is 14.8. The first-order valence-corrected chi connectivity index (χ1v) is 16.4. The summed E-state index contributed by atoms with van der Waals surface area (Å²) >= 11 is 3.07. The molecule has 0 N–H and O–H groups in total. The number of aromatic nitrogens is 3. The van der Waals surface area contributed by atoms with Crippen molar-refractivity contribution in [3.8, 4) is 5.69 Å². The Balaban J connectivity index is 1.19. The molecule has 1 fully saturated rings. The Hall–Kier alpha value is -3.70. The predicted octanol–water partition coefficient (Wildman–Crippen LogP) is 7.18. The first-order chi connectivity index (χ1) is 21.2. The number of hydrogen-bond acceptors (Lipinski definition) is 8. The molecule has 1 aliphatic heterocycles. The second-order valence-corrected chi connectivity index (χ2v) is 12.4. The molecule has 1 aliphatic rings. The molecule has 1 aromatic heterocycles. The highest BCUT2D eigenvalue weighted by Crippen LogP contribution is 2.37. The predicted molar refractivity (Wildman–Crippen MR) is 173 cm³/mol. The third-order valence-electron chi connectivity index (χ3n) is 7.55. The summed E-state index contributed by atoms with van der Waals surface area (Å²) in [5, 5.41) is 24.3. The van der Waals surface area contributed by atoms with Crippen molar-refractivity contribution < 1.29 is 9.66 Å². The summed E-state index contributed by atoms with van der Waals surface area (Å²) in [6.07, 6.45) is 1.74. The van der Waals surface area contributed by atoms with Crippen LogP contribution in [0.2, 0.25) is 0 Å². The van der Waals surface area contributed by atoms with E-state index < -0.39 is 0 Å². The first kappa shape index (κ1) is 29.4. The smallest absolute Gasteiger partial charge is 0.283 e. The van der Waals surface area contributed by atoms with Crippen LogP contribution >= 0.6 is 23.5 Å². The normalized spacial score (nSPS) is 13.9. The molecule has 2 heterocycles. The van der Waals surface area contributed by atoms with Gasteiger partial charge in [-0.1, -0.05) is 66.7 Å². The zero-order chi connectivity index (χ0) is 29.4. The fourth-order valence-corrected chi connectivity index (χ4v) is 7.24. The molecule has 0 unspecified atom stereocenters. The molecule has 0 bridgehead atoms. The average molecular weight is 612 g/mol. The third-order valence-corrected chi connectivity index (χ3v) is 9.54. The first-order valence-electron chi connectivity index (χ1n) is 14.4. The van der Waals surface area contributed by atoms with Crippen LogP contribution < -0.4 is 0 Å². The highest BCUT2D eigenvalue weighted by Gasteiger charge is 2.21. The Morgan fingerprint density at radius 1 is 0.884 bits per heavy atom. The molecule has 0 atom stereocenters. The number of nitrogens with zero attached hydrogens (tertiary/aromatic N) is 5. The summed E-state index contributed by atoms with van der Waals surface area (Å²) in [6, 6.07) is 30.3. The van der Waals surface area contributed by atoms with E-state index in [0.29, 0.717) is 15.8 Å². The minimum Gasteiger partial charge on any atom is -0.379 e. The van der Waals surface area contributed by atoms with Crippen molar-refractivity contribution in [2.24, 2.45) is 0 Å². The van der Waals surface area contributed by atoms with Gasteiger partial charge in [-0.15, -0.1) is 22.0 Å². The van der Waals surface area contributed by atoms with Crippen molar-refractivity contribution in [1.29, 1.82) is 0 Å². The molecule has 0 amide bonds. The third kappa shape index (κ3) is 7.27. The van der Waals surface area contributed by atoms with Crippen molar-refractivity contribution in [2.45, 2.75) is 34.4 Å². The quantitative estimate of drug-likeness (QED) is 0.108. The van der Waals surface area contributed by atoms with Gasteiger partial charge in [0.2, 0.25) is 5.16 Å². The number of nitro groups is 1. The zero-order valence-corrected chi connectivity index (χ0v) is 25.4. The Morgan fingerprint density at radius 3 is 2.51 bits per heavy atom.